The highest BCUT2D eigenvalue weighted by Gasteiger charge is 2.29. The third-order valence-electron chi connectivity index (χ3n) is 5.33. The number of phenolic OH excluding ortho intramolecular Hbond substituents is 1. The molecule has 1 aromatic heterocycles. The number of para-hydroxylation sites is 1. The summed E-state index contributed by atoms with van der Waals surface area (Å²) in [6.45, 7) is 12.1. The molecule has 0 fully saturated rings. The largest absolute Gasteiger partial charge is 0.507 e. The van der Waals surface area contributed by atoms with Crippen molar-refractivity contribution in [2.75, 3.05) is 15.5 Å². The number of aromatic hydroxyl groups is 1. The van der Waals surface area contributed by atoms with Crippen molar-refractivity contribution in [2.45, 2.75) is 19.9 Å². The van der Waals surface area contributed by atoms with E-state index in [0.717, 1.165) is 39.6 Å². The number of phenols is 1. The third kappa shape index (κ3) is 3.75. The van der Waals surface area contributed by atoms with Crippen molar-refractivity contribution in [2.24, 2.45) is 0 Å². The van der Waals surface area contributed by atoms with Gasteiger partial charge in [-0.05, 0) is 49.9 Å². The molecule has 0 aliphatic carbocycles. The maximum Gasteiger partial charge on any atom is 0.138 e. The predicted molar refractivity (Wildman–Crippen MR) is 128 cm³/mol. The highest BCUT2D eigenvalue weighted by Crippen LogP contribution is 2.41. The molecule has 6 nitrogen and oxygen atoms in total. The van der Waals surface area contributed by atoms with Crippen LogP contribution in [0.1, 0.15) is 23.6 Å². The molecule has 2 heterocycles. The van der Waals surface area contributed by atoms with Gasteiger partial charge in [0.15, 0.2) is 0 Å². The van der Waals surface area contributed by atoms with Crippen LogP contribution >= 0.6 is 0 Å². The normalized spacial score (nSPS) is 13.8. The van der Waals surface area contributed by atoms with E-state index in [1.807, 2.05) is 49.4 Å². The molecular weight excluding hydrogens is 386 g/mol. The SMILES string of the molecule is C=CNc1ncnc(NC(C)C2=Cc3cccc(O)c3C(=C)N2c2ccccc2)c1C. The van der Waals surface area contributed by atoms with Gasteiger partial charge in [-0.15, -0.1) is 0 Å². The zero-order valence-electron chi connectivity index (χ0n) is 17.6. The molecule has 0 saturated heterocycles. The minimum atomic E-state index is -0.113. The van der Waals surface area contributed by atoms with E-state index in [2.05, 4.69) is 51.7 Å². The van der Waals surface area contributed by atoms with Crippen LogP contribution in [0.2, 0.25) is 0 Å². The van der Waals surface area contributed by atoms with E-state index >= 15 is 0 Å². The minimum absolute atomic E-state index is 0.113. The van der Waals surface area contributed by atoms with Gasteiger partial charge in [0.2, 0.25) is 0 Å². The van der Waals surface area contributed by atoms with Crippen LogP contribution in [0, 0.1) is 6.92 Å². The number of fused-ring (bicyclic) bond motifs is 1. The molecule has 6 heteroatoms. The maximum atomic E-state index is 10.5. The zero-order valence-corrected chi connectivity index (χ0v) is 17.6. The molecule has 0 bridgehead atoms. The Labute approximate surface area is 182 Å². The second-order valence-electron chi connectivity index (χ2n) is 7.34. The van der Waals surface area contributed by atoms with Crippen LogP contribution in [0.15, 0.2) is 79.9 Å². The van der Waals surface area contributed by atoms with Crippen LogP contribution in [0.5, 0.6) is 5.75 Å². The lowest BCUT2D eigenvalue weighted by molar-refractivity contribution is 0.473. The van der Waals surface area contributed by atoms with Gasteiger partial charge in [-0.1, -0.05) is 43.5 Å². The Bertz CT molecular complexity index is 1170. The van der Waals surface area contributed by atoms with Gasteiger partial charge in [0.25, 0.3) is 0 Å². The summed E-state index contributed by atoms with van der Waals surface area (Å²) < 4.78 is 0. The lowest BCUT2D eigenvalue weighted by Gasteiger charge is -2.37. The lowest BCUT2D eigenvalue weighted by atomic mass is 9.94. The highest BCUT2D eigenvalue weighted by atomic mass is 16.3. The molecule has 31 heavy (non-hydrogen) atoms. The molecule has 0 radical (unpaired) electrons. The van der Waals surface area contributed by atoms with Gasteiger partial charge in [0.1, 0.15) is 23.7 Å². The Balaban J connectivity index is 1.78. The Kier molecular flexibility index (Phi) is 5.45. The molecule has 0 amide bonds. The first-order valence-corrected chi connectivity index (χ1v) is 10.0. The smallest absolute Gasteiger partial charge is 0.138 e. The Morgan fingerprint density at radius 3 is 2.55 bits per heavy atom. The summed E-state index contributed by atoms with van der Waals surface area (Å²) in [6.07, 6.45) is 5.19. The van der Waals surface area contributed by atoms with Crippen molar-refractivity contribution in [3.8, 4) is 5.75 Å². The molecule has 2 aromatic carbocycles. The fraction of sp³-hybridized carbons (Fsp3) is 0.120. The number of benzene rings is 2. The second kappa shape index (κ2) is 8.36. The molecule has 0 spiro atoms. The molecule has 3 aromatic rings. The second-order valence-corrected chi connectivity index (χ2v) is 7.34. The first kappa shape index (κ1) is 20.2. The summed E-state index contributed by atoms with van der Waals surface area (Å²) in [7, 11) is 0. The van der Waals surface area contributed by atoms with Crippen molar-refractivity contribution in [1.29, 1.82) is 0 Å². The first-order chi connectivity index (χ1) is 15.0. The van der Waals surface area contributed by atoms with Gasteiger partial charge < -0.3 is 20.6 Å². The number of hydrogen-bond acceptors (Lipinski definition) is 6. The number of aromatic nitrogens is 2. The zero-order chi connectivity index (χ0) is 22.0. The summed E-state index contributed by atoms with van der Waals surface area (Å²) >= 11 is 0. The summed E-state index contributed by atoms with van der Waals surface area (Å²) in [6, 6.07) is 15.4. The maximum absolute atomic E-state index is 10.5. The minimum Gasteiger partial charge on any atom is -0.507 e. The number of nitrogens with one attached hydrogen (secondary N) is 2. The van der Waals surface area contributed by atoms with Gasteiger partial charge in [0.05, 0.1) is 11.7 Å². The Morgan fingerprint density at radius 1 is 1.06 bits per heavy atom. The summed E-state index contributed by atoms with van der Waals surface area (Å²) in [5.74, 6) is 1.65. The van der Waals surface area contributed by atoms with Crippen LogP contribution in [0.3, 0.4) is 0 Å². The van der Waals surface area contributed by atoms with E-state index < -0.39 is 0 Å². The first-order valence-electron chi connectivity index (χ1n) is 10.0. The molecule has 3 N–H and O–H groups in total. The fourth-order valence-corrected chi connectivity index (χ4v) is 3.80. The van der Waals surface area contributed by atoms with E-state index in [0.29, 0.717) is 5.82 Å². The summed E-state index contributed by atoms with van der Waals surface area (Å²) in [4.78, 5) is 10.8. The van der Waals surface area contributed by atoms with Crippen molar-refractivity contribution in [1.82, 2.24) is 9.97 Å². The quantitative estimate of drug-likeness (QED) is 0.506. The number of anilines is 3. The average molecular weight is 412 g/mol. The van der Waals surface area contributed by atoms with Crippen LogP contribution < -0.4 is 15.5 Å². The van der Waals surface area contributed by atoms with Crippen molar-refractivity contribution < 1.29 is 5.11 Å². The summed E-state index contributed by atoms with van der Waals surface area (Å²) in [5.41, 5.74) is 5.24. The topological polar surface area (TPSA) is 73.3 Å². The predicted octanol–water partition coefficient (Wildman–Crippen LogP) is 5.38. The van der Waals surface area contributed by atoms with Crippen molar-refractivity contribution in [3.63, 3.8) is 0 Å². The van der Waals surface area contributed by atoms with Crippen LogP contribution in [0.25, 0.3) is 11.8 Å². The van der Waals surface area contributed by atoms with Gasteiger partial charge >= 0.3 is 0 Å². The van der Waals surface area contributed by atoms with Gasteiger partial charge in [0, 0.05) is 22.5 Å². The molecule has 156 valence electrons. The Hall–Kier alpha value is -4.06. The van der Waals surface area contributed by atoms with Gasteiger partial charge in [-0.25, -0.2) is 9.97 Å². The van der Waals surface area contributed by atoms with Crippen LogP contribution in [-0.4, -0.2) is 21.1 Å². The molecule has 1 unspecified atom stereocenters. The molecule has 1 aliphatic rings. The fourth-order valence-electron chi connectivity index (χ4n) is 3.80. The monoisotopic (exact) mass is 411 g/mol. The van der Waals surface area contributed by atoms with Gasteiger partial charge in [-0.2, -0.15) is 0 Å². The summed E-state index contributed by atoms with van der Waals surface area (Å²) in [5, 5.41) is 17.0. The van der Waals surface area contributed by atoms with Crippen LogP contribution in [-0.2, 0) is 0 Å². The third-order valence-corrected chi connectivity index (χ3v) is 5.33. The molecule has 4 rings (SSSR count). The van der Waals surface area contributed by atoms with E-state index in [9.17, 15) is 5.11 Å². The number of rotatable bonds is 6. The highest BCUT2D eigenvalue weighted by molar-refractivity contribution is 5.93. The average Bonchev–Trinajstić information content (AvgIpc) is 2.77. The van der Waals surface area contributed by atoms with Crippen LogP contribution in [0.4, 0.5) is 17.3 Å². The van der Waals surface area contributed by atoms with Crippen molar-refractivity contribution >= 4 is 29.1 Å². The molecule has 0 saturated carbocycles. The Morgan fingerprint density at radius 2 is 1.81 bits per heavy atom. The van der Waals surface area contributed by atoms with Gasteiger partial charge in [-0.3, -0.25) is 0 Å². The standard InChI is InChI=1S/C25H25N5O/c1-5-26-24-16(2)25(28-15-27-24)29-17(3)21-14-19-10-9-13-22(31)23(19)18(4)30(21)20-11-7-6-8-12-20/h5-15,17,31H,1,4H2,2-3H3,(H2,26,27,28,29). The van der Waals surface area contributed by atoms with E-state index in [1.54, 1.807) is 12.3 Å². The number of hydrogen-bond donors (Lipinski definition) is 3. The lowest BCUT2D eigenvalue weighted by Crippen LogP contribution is -2.34. The molecule has 1 aliphatic heterocycles. The van der Waals surface area contributed by atoms with E-state index in [-0.39, 0.29) is 11.8 Å². The van der Waals surface area contributed by atoms with E-state index in [4.69, 9.17) is 0 Å². The number of nitrogens with zero attached hydrogens (tertiary/aromatic N) is 3. The molecule has 1 atom stereocenters. The molecular formula is C25H25N5O. The van der Waals surface area contributed by atoms with E-state index in [1.165, 1.54) is 6.33 Å². The van der Waals surface area contributed by atoms with Crippen molar-refractivity contribution in [3.05, 3.63) is 96.6 Å².